The highest BCUT2D eigenvalue weighted by Crippen LogP contribution is 2.39. The number of sulfonamides is 1. The van der Waals surface area contributed by atoms with Crippen LogP contribution in [0.3, 0.4) is 0 Å². The van der Waals surface area contributed by atoms with Crippen LogP contribution in [0.5, 0.6) is 5.75 Å². The van der Waals surface area contributed by atoms with Crippen molar-refractivity contribution in [2.75, 3.05) is 17.7 Å². The maximum Gasteiger partial charge on any atom is 0.534 e. The first-order valence-electron chi connectivity index (χ1n) is 9.73. The molecule has 0 aliphatic carbocycles. The molecular weight excluding hydrogens is 485 g/mol. The topological polar surface area (TPSA) is 110 Å². The van der Waals surface area contributed by atoms with E-state index in [2.05, 4.69) is 8.91 Å². The van der Waals surface area contributed by atoms with E-state index < -0.39 is 31.4 Å². The third kappa shape index (κ3) is 6.24. The number of hydrogen-bond donors (Lipinski definition) is 1. The van der Waals surface area contributed by atoms with Gasteiger partial charge in [-0.05, 0) is 48.2 Å². The summed E-state index contributed by atoms with van der Waals surface area (Å²) in [6.07, 6.45) is 2.53. The number of carbonyl (C=O) groups is 1. The maximum atomic E-state index is 12.5. The molecule has 1 N–H and O–H groups in total. The van der Waals surface area contributed by atoms with Gasteiger partial charge >= 0.3 is 15.6 Å². The Bertz CT molecular complexity index is 1210. The van der Waals surface area contributed by atoms with Crippen LogP contribution in [0.2, 0.25) is 0 Å². The summed E-state index contributed by atoms with van der Waals surface area (Å²) >= 11 is 0. The van der Waals surface area contributed by atoms with Crippen molar-refractivity contribution in [3.8, 4) is 5.75 Å². The third-order valence-electron chi connectivity index (χ3n) is 4.92. The number of β-lactam (4-membered cyclic amide) rings is 1. The fraction of sp³-hybridized carbons (Fsp3) is 0.350. The van der Waals surface area contributed by atoms with Crippen molar-refractivity contribution in [3.05, 3.63) is 59.7 Å². The lowest BCUT2D eigenvalue weighted by Crippen LogP contribution is -2.46. The molecule has 1 amide bonds. The van der Waals surface area contributed by atoms with Gasteiger partial charge in [0.25, 0.3) is 0 Å². The number of amides is 1. The smallest absolute Gasteiger partial charge is 0.376 e. The van der Waals surface area contributed by atoms with Crippen molar-refractivity contribution in [1.29, 1.82) is 0 Å². The maximum absolute atomic E-state index is 12.5. The predicted octanol–water partition coefficient (Wildman–Crippen LogP) is 2.87. The van der Waals surface area contributed by atoms with E-state index in [4.69, 9.17) is 0 Å². The van der Waals surface area contributed by atoms with Crippen LogP contribution < -0.4 is 13.8 Å². The second-order valence-corrected chi connectivity index (χ2v) is 10.8. The van der Waals surface area contributed by atoms with Gasteiger partial charge in [-0.3, -0.25) is 4.79 Å². The van der Waals surface area contributed by atoms with Crippen LogP contribution in [-0.4, -0.2) is 41.1 Å². The molecule has 3 rings (SSSR count). The van der Waals surface area contributed by atoms with Crippen LogP contribution in [-0.2, 0) is 31.4 Å². The molecule has 0 aromatic heterocycles. The Morgan fingerprint density at radius 1 is 1.03 bits per heavy atom. The Labute approximate surface area is 189 Å². The average molecular weight is 507 g/mol. The second kappa shape index (κ2) is 9.31. The molecule has 0 saturated carbocycles. The monoisotopic (exact) mass is 506 g/mol. The molecule has 13 heteroatoms. The van der Waals surface area contributed by atoms with Crippen molar-refractivity contribution < 1.29 is 39.0 Å². The summed E-state index contributed by atoms with van der Waals surface area (Å²) in [6.45, 7) is 0.317. The van der Waals surface area contributed by atoms with Gasteiger partial charge < -0.3 is 9.08 Å². The van der Waals surface area contributed by atoms with E-state index in [0.717, 1.165) is 24.0 Å². The van der Waals surface area contributed by atoms with Crippen LogP contribution >= 0.6 is 0 Å². The van der Waals surface area contributed by atoms with E-state index in [0.29, 0.717) is 30.6 Å². The number of alkyl halides is 3. The lowest BCUT2D eigenvalue weighted by atomic mass is 9.92. The molecule has 1 aliphatic rings. The van der Waals surface area contributed by atoms with Crippen LogP contribution in [0.25, 0.3) is 0 Å². The quantitative estimate of drug-likeness (QED) is 0.242. The number of anilines is 1. The summed E-state index contributed by atoms with van der Waals surface area (Å²) in [7, 11) is -8.99. The van der Waals surface area contributed by atoms with Gasteiger partial charge in [0.2, 0.25) is 15.9 Å². The molecular formula is C20H21F3N2O6S2. The zero-order valence-electron chi connectivity index (χ0n) is 17.4. The standard InChI is InChI=1S/C20H21F3N2O6S2/c1-32(27,28)24-12-2-3-14-4-8-16(9-5-14)25-18(13-19(25)26)15-6-10-17(11-7-15)31-33(29,30)20(21,22)23/h4-11,18,24H,2-3,12-13H2,1H3. The van der Waals surface area contributed by atoms with Crippen LogP contribution in [0, 0.1) is 0 Å². The minimum atomic E-state index is -5.76. The number of nitrogens with zero attached hydrogens (tertiary/aromatic N) is 1. The molecule has 1 fully saturated rings. The Hall–Kier alpha value is -2.64. The van der Waals surface area contributed by atoms with Crippen LogP contribution in [0.15, 0.2) is 48.5 Å². The average Bonchev–Trinajstić information content (AvgIpc) is 2.69. The minimum absolute atomic E-state index is 0.134. The van der Waals surface area contributed by atoms with Gasteiger partial charge in [-0.25, -0.2) is 13.1 Å². The SMILES string of the molecule is CS(=O)(=O)NCCCc1ccc(N2C(=O)CC2c2ccc(OS(=O)(=O)C(F)(F)F)cc2)cc1. The first-order chi connectivity index (χ1) is 15.3. The molecule has 1 heterocycles. The lowest BCUT2D eigenvalue weighted by molar-refractivity contribution is -0.124. The number of carbonyl (C=O) groups excluding carboxylic acids is 1. The molecule has 0 spiro atoms. The highest BCUT2D eigenvalue weighted by molar-refractivity contribution is 7.88. The predicted molar refractivity (Wildman–Crippen MR) is 114 cm³/mol. The molecule has 1 unspecified atom stereocenters. The van der Waals surface area contributed by atoms with E-state index in [1.165, 1.54) is 17.0 Å². The third-order valence-corrected chi connectivity index (χ3v) is 6.63. The molecule has 180 valence electrons. The summed E-state index contributed by atoms with van der Waals surface area (Å²) in [5.41, 5.74) is -3.32. The van der Waals surface area contributed by atoms with E-state index >= 15 is 0 Å². The van der Waals surface area contributed by atoms with Gasteiger partial charge in [-0.2, -0.15) is 21.6 Å². The van der Waals surface area contributed by atoms with Crippen molar-refractivity contribution >= 4 is 31.7 Å². The van der Waals surface area contributed by atoms with E-state index in [1.807, 2.05) is 12.1 Å². The number of aryl methyl sites for hydroxylation is 1. The molecule has 0 bridgehead atoms. The molecule has 2 aromatic rings. The highest BCUT2D eigenvalue weighted by atomic mass is 32.2. The molecule has 33 heavy (non-hydrogen) atoms. The van der Waals surface area contributed by atoms with Crippen molar-refractivity contribution in [3.63, 3.8) is 0 Å². The molecule has 8 nitrogen and oxygen atoms in total. The zero-order valence-corrected chi connectivity index (χ0v) is 19.0. The largest absolute Gasteiger partial charge is 0.534 e. The van der Waals surface area contributed by atoms with Gasteiger partial charge in [0.05, 0.1) is 18.7 Å². The van der Waals surface area contributed by atoms with Gasteiger partial charge in [0, 0.05) is 12.2 Å². The fourth-order valence-corrected chi connectivity index (χ4v) is 4.27. The van der Waals surface area contributed by atoms with E-state index in [1.54, 1.807) is 12.1 Å². The van der Waals surface area contributed by atoms with Gasteiger partial charge in [-0.15, -0.1) is 0 Å². The normalized spacial score (nSPS) is 17.0. The summed E-state index contributed by atoms with van der Waals surface area (Å²) in [4.78, 5) is 13.7. The van der Waals surface area contributed by atoms with Gasteiger partial charge in [0.15, 0.2) is 0 Å². The fourth-order valence-electron chi connectivity index (χ4n) is 3.30. The van der Waals surface area contributed by atoms with Gasteiger partial charge in [0.1, 0.15) is 5.75 Å². The first-order valence-corrected chi connectivity index (χ1v) is 13.0. The van der Waals surface area contributed by atoms with E-state index in [9.17, 15) is 34.8 Å². The Morgan fingerprint density at radius 3 is 2.15 bits per heavy atom. The highest BCUT2D eigenvalue weighted by Gasteiger charge is 2.48. The molecule has 1 aliphatic heterocycles. The zero-order chi connectivity index (χ0) is 24.4. The summed E-state index contributed by atoms with van der Waals surface area (Å²) < 4.78 is 88.2. The van der Waals surface area contributed by atoms with Crippen LogP contribution in [0.4, 0.5) is 18.9 Å². The molecule has 1 atom stereocenters. The number of halogens is 3. The summed E-state index contributed by atoms with van der Waals surface area (Å²) in [6, 6.07) is 11.9. The summed E-state index contributed by atoms with van der Waals surface area (Å²) in [5, 5.41) is 0. The molecule has 2 aromatic carbocycles. The number of rotatable bonds is 9. The Kier molecular flexibility index (Phi) is 7.05. The number of nitrogens with one attached hydrogen (secondary N) is 1. The first kappa shape index (κ1) is 25.0. The lowest BCUT2D eigenvalue weighted by Gasteiger charge is -2.41. The van der Waals surface area contributed by atoms with Crippen molar-refractivity contribution in [1.82, 2.24) is 4.72 Å². The number of benzene rings is 2. The second-order valence-electron chi connectivity index (χ2n) is 7.47. The number of hydrogen-bond acceptors (Lipinski definition) is 6. The minimum Gasteiger partial charge on any atom is -0.376 e. The molecule has 1 saturated heterocycles. The summed E-state index contributed by atoms with van der Waals surface area (Å²) in [5.74, 6) is -0.618. The van der Waals surface area contributed by atoms with E-state index in [-0.39, 0.29) is 18.4 Å². The Balaban J connectivity index is 1.64. The van der Waals surface area contributed by atoms with Gasteiger partial charge in [-0.1, -0.05) is 24.3 Å². The van der Waals surface area contributed by atoms with Crippen LogP contribution in [0.1, 0.15) is 30.0 Å². The van der Waals surface area contributed by atoms with Crippen molar-refractivity contribution in [2.24, 2.45) is 0 Å². The molecule has 0 radical (unpaired) electrons. The van der Waals surface area contributed by atoms with Crippen molar-refractivity contribution in [2.45, 2.75) is 30.8 Å². The Morgan fingerprint density at radius 2 is 1.64 bits per heavy atom.